The van der Waals surface area contributed by atoms with E-state index < -0.39 is 6.10 Å². The van der Waals surface area contributed by atoms with Gasteiger partial charge in [-0.3, -0.25) is 0 Å². The van der Waals surface area contributed by atoms with Crippen molar-refractivity contribution < 1.29 is 10.2 Å². The number of hydrogen-bond acceptors (Lipinski definition) is 3. The number of aromatic hydroxyl groups is 1. The SMILES string of the molecule is CCCN(c1ccc(C(C)O)c(O)c1)C1CC1. The van der Waals surface area contributed by atoms with Gasteiger partial charge in [0.05, 0.1) is 6.10 Å². The van der Waals surface area contributed by atoms with Gasteiger partial charge in [0.25, 0.3) is 0 Å². The van der Waals surface area contributed by atoms with Crippen molar-refractivity contribution in [2.45, 2.75) is 45.3 Å². The molecule has 0 aliphatic heterocycles. The van der Waals surface area contributed by atoms with E-state index >= 15 is 0 Å². The first-order valence-electron chi connectivity index (χ1n) is 6.41. The number of aliphatic hydroxyl groups is 1. The number of hydrogen-bond donors (Lipinski definition) is 2. The largest absolute Gasteiger partial charge is 0.507 e. The van der Waals surface area contributed by atoms with E-state index in [1.165, 1.54) is 12.8 Å². The molecule has 0 spiro atoms. The van der Waals surface area contributed by atoms with Crippen molar-refractivity contribution in [3.8, 4) is 5.75 Å². The molecule has 3 nitrogen and oxygen atoms in total. The third-order valence-electron chi connectivity index (χ3n) is 3.25. The van der Waals surface area contributed by atoms with Crippen LogP contribution in [-0.4, -0.2) is 22.8 Å². The molecule has 1 unspecified atom stereocenters. The summed E-state index contributed by atoms with van der Waals surface area (Å²) in [6, 6.07) is 6.23. The summed E-state index contributed by atoms with van der Waals surface area (Å²) < 4.78 is 0. The average molecular weight is 235 g/mol. The van der Waals surface area contributed by atoms with E-state index in [9.17, 15) is 10.2 Å². The summed E-state index contributed by atoms with van der Waals surface area (Å²) in [5.74, 6) is 0.194. The molecule has 94 valence electrons. The standard InChI is InChI=1S/C14H21NO2/c1-3-8-15(11-4-5-11)12-6-7-13(10(2)16)14(17)9-12/h6-7,9-11,16-17H,3-5,8H2,1-2H3. The molecule has 3 heteroatoms. The number of anilines is 1. The first-order valence-corrected chi connectivity index (χ1v) is 6.41. The van der Waals surface area contributed by atoms with Crippen LogP contribution in [0, 0.1) is 0 Å². The highest BCUT2D eigenvalue weighted by molar-refractivity contribution is 5.55. The highest BCUT2D eigenvalue weighted by atomic mass is 16.3. The van der Waals surface area contributed by atoms with Crippen molar-refractivity contribution in [1.82, 2.24) is 0 Å². The summed E-state index contributed by atoms with van der Waals surface area (Å²) in [6.07, 6.45) is 2.98. The molecule has 0 saturated heterocycles. The lowest BCUT2D eigenvalue weighted by atomic mass is 10.1. The van der Waals surface area contributed by atoms with E-state index in [1.807, 2.05) is 12.1 Å². The van der Waals surface area contributed by atoms with Crippen LogP contribution in [0.15, 0.2) is 18.2 Å². The minimum atomic E-state index is -0.621. The van der Waals surface area contributed by atoms with Gasteiger partial charge in [0.1, 0.15) is 5.75 Å². The van der Waals surface area contributed by atoms with E-state index in [2.05, 4.69) is 11.8 Å². The van der Waals surface area contributed by atoms with Crippen molar-refractivity contribution in [1.29, 1.82) is 0 Å². The summed E-state index contributed by atoms with van der Waals surface area (Å²) in [6.45, 7) is 4.86. The minimum absolute atomic E-state index is 0.194. The van der Waals surface area contributed by atoms with Crippen molar-refractivity contribution in [2.75, 3.05) is 11.4 Å². The first kappa shape index (κ1) is 12.2. The van der Waals surface area contributed by atoms with Crippen molar-refractivity contribution in [2.24, 2.45) is 0 Å². The van der Waals surface area contributed by atoms with Crippen molar-refractivity contribution in [3.63, 3.8) is 0 Å². The van der Waals surface area contributed by atoms with Crippen LogP contribution in [0.3, 0.4) is 0 Å². The van der Waals surface area contributed by atoms with Gasteiger partial charge >= 0.3 is 0 Å². The molecule has 0 heterocycles. The topological polar surface area (TPSA) is 43.7 Å². The summed E-state index contributed by atoms with van der Waals surface area (Å²) in [5.41, 5.74) is 1.66. The minimum Gasteiger partial charge on any atom is -0.507 e. The molecule has 0 aromatic heterocycles. The number of benzene rings is 1. The van der Waals surface area contributed by atoms with Crippen LogP contribution >= 0.6 is 0 Å². The molecule has 0 bridgehead atoms. The summed E-state index contributed by atoms with van der Waals surface area (Å²) in [4.78, 5) is 2.35. The Bertz CT molecular complexity index is 386. The lowest BCUT2D eigenvalue weighted by Gasteiger charge is -2.25. The van der Waals surface area contributed by atoms with Crippen LogP contribution in [0.1, 0.15) is 44.8 Å². The number of aliphatic hydroxyl groups excluding tert-OH is 1. The molecule has 17 heavy (non-hydrogen) atoms. The van der Waals surface area contributed by atoms with Gasteiger partial charge in [0.15, 0.2) is 0 Å². The molecule has 2 rings (SSSR count). The van der Waals surface area contributed by atoms with Crippen LogP contribution < -0.4 is 4.90 Å². The molecule has 0 amide bonds. The van der Waals surface area contributed by atoms with Crippen LogP contribution in [0.2, 0.25) is 0 Å². The Morgan fingerprint density at radius 3 is 2.59 bits per heavy atom. The predicted octanol–water partition coefficient (Wildman–Crippen LogP) is 2.82. The summed E-state index contributed by atoms with van der Waals surface area (Å²) in [5, 5.41) is 19.4. The first-order chi connectivity index (χ1) is 8.13. The number of rotatable bonds is 5. The molecule has 0 radical (unpaired) electrons. The number of nitrogens with zero attached hydrogens (tertiary/aromatic N) is 1. The van der Waals surface area contributed by atoms with E-state index in [0.29, 0.717) is 11.6 Å². The van der Waals surface area contributed by atoms with Crippen LogP contribution in [0.5, 0.6) is 5.75 Å². The Morgan fingerprint density at radius 2 is 2.12 bits per heavy atom. The zero-order valence-corrected chi connectivity index (χ0v) is 10.6. The normalized spacial score (nSPS) is 16.9. The average Bonchev–Trinajstić information content (AvgIpc) is 3.09. The maximum absolute atomic E-state index is 9.89. The van der Waals surface area contributed by atoms with E-state index in [-0.39, 0.29) is 5.75 Å². The second kappa shape index (κ2) is 4.96. The van der Waals surface area contributed by atoms with Gasteiger partial charge in [0.2, 0.25) is 0 Å². The van der Waals surface area contributed by atoms with E-state index in [4.69, 9.17) is 0 Å². The van der Waals surface area contributed by atoms with E-state index in [0.717, 1.165) is 18.7 Å². The van der Waals surface area contributed by atoms with Gasteiger partial charge in [-0.05, 0) is 32.3 Å². The second-order valence-corrected chi connectivity index (χ2v) is 4.84. The highest BCUT2D eigenvalue weighted by Gasteiger charge is 2.29. The smallest absolute Gasteiger partial charge is 0.123 e. The molecule has 1 aliphatic carbocycles. The molecular weight excluding hydrogens is 214 g/mol. The molecule has 1 atom stereocenters. The molecule has 1 aliphatic rings. The Hall–Kier alpha value is -1.22. The Labute approximate surface area is 103 Å². The molecular formula is C14H21NO2. The van der Waals surface area contributed by atoms with Gasteiger partial charge in [-0.15, -0.1) is 0 Å². The predicted molar refractivity (Wildman–Crippen MR) is 69.4 cm³/mol. The van der Waals surface area contributed by atoms with Crippen LogP contribution in [0.4, 0.5) is 5.69 Å². The molecule has 1 saturated carbocycles. The quantitative estimate of drug-likeness (QED) is 0.824. The number of phenols is 1. The summed E-state index contributed by atoms with van der Waals surface area (Å²) >= 11 is 0. The van der Waals surface area contributed by atoms with Crippen LogP contribution in [0.25, 0.3) is 0 Å². The van der Waals surface area contributed by atoms with E-state index in [1.54, 1.807) is 13.0 Å². The zero-order chi connectivity index (χ0) is 12.4. The van der Waals surface area contributed by atoms with Crippen molar-refractivity contribution >= 4 is 5.69 Å². The lowest BCUT2D eigenvalue weighted by Crippen LogP contribution is -2.26. The Balaban J connectivity index is 2.22. The fourth-order valence-corrected chi connectivity index (χ4v) is 2.21. The maximum atomic E-state index is 9.89. The maximum Gasteiger partial charge on any atom is 0.123 e. The molecule has 1 aromatic carbocycles. The molecule has 2 N–H and O–H groups in total. The second-order valence-electron chi connectivity index (χ2n) is 4.84. The van der Waals surface area contributed by atoms with Gasteiger partial charge in [0, 0.05) is 29.9 Å². The Kier molecular flexibility index (Phi) is 3.57. The monoisotopic (exact) mass is 235 g/mol. The molecule has 1 fully saturated rings. The highest BCUT2D eigenvalue weighted by Crippen LogP contribution is 2.35. The van der Waals surface area contributed by atoms with Gasteiger partial charge in [-0.1, -0.05) is 13.0 Å². The zero-order valence-electron chi connectivity index (χ0n) is 10.6. The van der Waals surface area contributed by atoms with Crippen LogP contribution in [-0.2, 0) is 0 Å². The molecule has 1 aromatic rings. The third kappa shape index (κ3) is 2.72. The van der Waals surface area contributed by atoms with Crippen molar-refractivity contribution in [3.05, 3.63) is 23.8 Å². The fraction of sp³-hybridized carbons (Fsp3) is 0.571. The van der Waals surface area contributed by atoms with Gasteiger partial charge in [-0.25, -0.2) is 0 Å². The fourth-order valence-electron chi connectivity index (χ4n) is 2.21. The van der Waals surface area contributed by atoms with Gasteiger partial charge in [-0.2, -0.15) is 0 Å². The summed E-state index contributed by atoms with van der Waals surface area (Å²) in [7, 11) is 0. The third-order valence-corrected chi connectivity index (χ3v) is 3.25. The number of phenolic OH excluding ortho intramolecular Hbond substituents is 1. The lowest BCUT2D eigenvalue weighted by molar-refractivity contribution is 0.195. The Morgan fingerprint density at radius 1 is 1.41 bits per heavy atom. The van der Waals surface area contributed by atoms with Gasteiger partial charge < -0.3 is 15.1 Å².